The van der Waals surface area contributed by atoms with E-state index in [4.69, 9.17) is 5.26 Å². The van der Waals surface area contributed by atoms with Crippen molar-refractivity contribution in [2.75, 3.05) is 0 Å². The van der Waals surface area contributed by atoms with Crippen LogP contribution < -0.4 is 0 Å². The van der Waals surface area contributed by atoms with Crippen LogP contribution in [-0.4, -0.2) is 0 Å². The highest BCUT2D eigenvalue weighted by Crippen LogP contribution is 2.10. The van der Waals surface area contributed by atoms with E-state index in [2.05, 4.69) is 35.8 Å². The molecule has 0 fully saturated rings. The van der Waals surface area contributed by atoms with Crippen molar-refractivity contribution in [1.82, 2.24) is 0 Å². The minimum atomic E-state index is 0.371. The number of hydrogen-bond donors (Lipinski definition) is 0. The number of benzene rings is 3. The van der Waals surface area contributed by atoms with E-state index < -0.39 is 0 Å². The minimum absolute atomic E-state index is 0.371. The van der Waals surface area contributed by atoms with Gasteiger partial charge in [0.05, 0.1) is 18.1 Å². The molecule has 3 aromatic carbocycles. The molecule has 0 atom stereocenters. The molecule has 0 aliphatic carbocycles. The average molecular weight is 342 g/mol. The van der Waals surface area contributed by atoms with Crippen molar-refractivity contribution in [3.8, 4) is 35.8 Å². The fourth-order valence-corrected chi connectivity index (χ4v) is 2.52. The van der Waals surface area contributed by atoms with Crippen molar-refractivity contribution in [3.63, 3.8) is 0 Å². The zero-order valence-electron chi connectivity index (χ0n) is 14.5. The Hall–Kier alpha value is -4.24. The molecule has 0 saturated heterocycles. The molecule has 0 aliphatic rings. The summed E-state index contributed by atoms with van der Waals surface area (Å²) in [7, 11) is 0. The Balaban J connectivity index is 1.93. The Morgan fingerprint density at radius 3 is 1.74 bits per heavy atom. The summed E-state index contributed by atoms with van der Waals surface area (Å²) in [5.74, 6) is 12.5. The Bertz CT molecular complexity index is 1180. The first-order valence-electron chi connectivity index (χ1n) is 8.38. The van der Waals surface area contributed by atoms with Crippen LogP contribution in [0.1, 0.15) is 33.4 Å². The second-order valence-electron chi connectivity index (χ2n) is 5.74. The lowest BCUT2D eigenvalue weighted by Crippen LogP contribution is -1.86. The minimum Gasteiger partial charge on any atom is -0.198 e. The molecule has 2 nitrogen and oxygen atoms in total. The molecule has 3 rings (SSSR count). The van der Waals surface area contributed by atoms with E-state index in [-0.39, 0.29) is 0 Å². The third-order valence-electron chi connectivity index (χ3n) is 3.86. The predicted octanol–water partition coefficient (Wildman–Crippen LogP) is 4.42. The molecule has 124 valence electrons. The highest BCUT2D eigenvalue weighted by Gasteiger charge is 1.98. The van der Waals surface area contributed by atoms with E-state index in [1.165, 1.54) is 0 Å². The fourth-order valence-electron chi connectivity index (χ4n) is 2.52. The Labute approximate surface area is 159 Å². The number of rotatable bonds is 1. The molecule has 0 bridgehead atoms. The number of nitrogens with zero attached hydrogens (tertiary/aromatic N) is 2. The fraction of sp³-hybridized carbons (Fsp3) is 0.0400. The summed E-state index contributed by atoms with van der Waals surface area (Å²) in [5, 5.41) is 18.0. The Morgan fingerprint density at radius 1 is 0.593 bits per heavy atom. The van der Waals surface area contributed by atoms with Crippen LogP contribution in [0.5, 0.6) is 0 Å². The standard InChI is InChI=1S/C25H14N2/c26-17-16-21-7-5-6-20(18-21)12-13-22-8-1-2-9-23(22)14-15-24-10-3-4-11-25(24)19-27/h1-11,18H,16H2. The van der Waals surface area contributed by atoms with Crippen molar-refractivity contribution >= 4 is 0 Å². The molecule has 0 N–H and O–H groups in total. The van der Waals surface area contributed by atoms with Crippen LogP contribution in [0.2, 0.25) is 0 Å². The van der Waals surface area contributed by atoms with Gasteiger partial charge in [0, 0.05) is 22.3 Å². The van der Waals surface area contributed by atoms with Gasteiger partial charge in [0.2, 0.25) is 0 Å². The van der Waals surface area contributed by atoms with Crippen LogP contribution in [0.4, 0.5) is 0 Å². The zero-order chi connectivity index (χ0) is 18.9. The van der Waals surface area contributed by atoms with Crippen LogP contribution in [0, 0.1) is 46.3 Å². The van der Waals surface area contributed by atoms with Crippen molar-refractivity contribution in [2.45, 2.75) is 6.42 Å². The molecule has 0 amide bonds. The van der Waals surface area contributed by atoms with Crippen molar-refractivity contribution < 1.29 is 0 Å². The molecule has 3 aromatic rings. The van der Waals surface area contributed by atoms with Crippen molar-refractivity contribution in [2.24, 2.45) is 0 Å². The van der Waals surface area contributed by atoms with Gasteiger partial charge in [-0.25, -0.2) is 0 Å². The van der Waals surface area contributed by atoms with Gasteiger partial charge in [-0.15, -0.1) is 0 Å². The van der Waals surface area contributed by atoms with Crippen molar-refractivity contribution in [1.29, 1.82) is 10.5 Å². The quantitative estimate of drug-likeness (QED) is 0.615. The van der Waals surface area contributed by atoms with Gasteiger partial charge in [0.25, 0.3) is 0 Å². The SMILES string of the molecule is N#CCc1cccc(C#Cc2ccccc2C#Cc2ccccc2C#N)c1. The summed E-state index contributed by atoms with van der Waals surface area (Å²) in [6, 6.07) is 26.9. The first kappa shape index (κ1) is 17.6. The lowest BCUT2D eigenvalue weighted by atomic mass is 10.0. The molecule has 0 heterocycles. The summed E-state index contributed by atoms with van der Waals surface area (Å²) in [6.45, 7) is 0. The van der Waals surface area contributed by atoms with E-state index in [0.29, 0.717) is 17.5 Å². The molecule has 27 heavy (non-hydrogen) atoms. The van der Waals surface area contributed by atoms with Gasteiger partial charge < -0.3 is 0 Å². The van der Waals surface area contributed by atoms with Gasteiger partial charge in [-0.3, -0.25) is 0 Å². The lowest BCUT2D eigenvalue weighted by Gasteiger charge is -1.97. The monoisotopic (exact) mass is 342 g/mol. The highest BCUT2D eigenvalue weighted by atomic mass is 14.2. The van der Waals surface area contributed by atoms with E-state index in [1.54, 1.807) is 6.07 Å². The average Bonchev–Trinajstić information content (AvgIpc) is 2.72. The molecule has 0 aliphatic heterocycles. The Morgan fingerprint density at radius 2 is 1.15 bits per heavy atom. The van der Waals surface area contributed by atoms with Gasteiger partial charge in [-0.05, 0) is 42.0 Å². The maximum atomic E-state index is 9.18. The predicted molar refractivity (Wildman–Crippen MR) is 105 cm³/mol. The first-order valence-corrected chi connectivity index (χ1v) is 8.38. The van der Waals surface area contributed by atoms with Crippen molar-refractivity contribution in [3.05, 3.63) is 106 Å². The van der Waals surface area contributed by atoms with Crippen LogP contribution in [-0.2, 0) is 6.42 Å². The Kier molecular flexibility index (Phi) is 5.69. The maximum absolute atomic E-state index is 9.18. The zero-order valence-corrected chi connectivity index (χ0v) is 14.5. The van der Waals surface area contributed by atoms with Crippen LogP contribution in [0.25, 0.3) is 0 Å². The lowest BCUT2D eigenvalue weighted by molar-refractivity contribution is 1.26. The van der Waals surface area contributed by atoms with Gasteiger partial charge in [-0.1, -0.05) is 60.1 Å². The molecule has 0 spiro atoms. The smallest absolute Gasteiger partial charge is 0.100 e. The highest BCUT2D eigenvalue weighted by molar-refractivity contribution is 5.56. The van der Waals surface area contributed by atoms with Crippen LogP contribution in [0.3, 0.4) is 0 Å². The topological polar surface area (TPSA) is 47.6 Å². The summed E-state index contributed by atoms with van der Waals surface area (Å²) in [5.41, 5.74) is 4.71. The summed E-state index contributed by atoms with van der Waals surface area (Å²) >= 11 is 0. The molecule has 0 radical (unpaired) electrons. The maximum Gasteiger partial charge on any atom is 0.100 e. The van der Waals surface area contributed by atoms with E-state index in [1.807, 2.05) is 66.7 Å². The van der Waals surface area contributed by atoms with E-state index in [9.17, 15) is 5.26 Å². The molecule has 0 unspecified atom stereocenters. The third-order valence-corrected chi connectivity index (χ3v) is 3.86. The summed E-state index contributed by atoms with van der Waals surface area (Å²) in [6.07, 6.45) is 0.371. The molecule has 2 heteroatoms. The number of hydrogen-bond acceptors (Lipinski definition) is 2. The van der Waals surface area contributed by atoms with Gasteiger partial charge in [0.1, 0.15) is 6.07 Å². The molecule has 0 aromatic heterocycles. The van der Waals surface area contributed by atoms with E-state index >= 15 is 0 Å². The summed E-state index contributed by atoms with van der Waals surface area (Å²) < 4.78 is 0. The second kappa shape index (κ2) is 8.74. The third kappa shape index (κ3) is 4.65. The molecular weight excluding hydrogens is 328 g/mol. The molecule has 0 saturated carbocycles. The number of nitriles is 2. The van der Waals surface area contributed by atoms with Gasteiger partial charge in [0.15, 0.2) is 0 Å². The largest absolute Gasteiger partial charge is 0.198 e. The van der Waals surface area contributed by atoms with Gasteiger partial charge >= 0.3 is 0 Å². The van der Waals surface area contributed by atoms with Gasteiger partial charge in [-0.2, -0.15) is 10.5 Å². The summed E-state index contributed by atoms with van der Waals surface area (Å²) in [4.78, 5) is 0. The van der Waals surface area contributed by atoms with Crippen LogP contribution >= 0.6 is 0 Å². The second-order valence-corrected chi connectivity index (χ2v) is 5.74. The van der Waals surface area contributed by atoms with E-state index in [0.717, 1.165) is 22.3 Å². The first-order chi connectivity index (χ1) is 13.3. The normalized spacial score (nSPS) is 8.96. The van der Waals surface area contributed by atoms with Crippen LogP contribution in [0.15, 0.2) is 72.8 Å². The molecular formula is C25H14N2.